The quantitative estimate of drug-likeness (QED) is 0.0966. The van der Waals surface area contributed by atoms with Crippen LogP contribution in [-0.2, 0) is 20.8 Å². The summed E-state index contributed by atoms with van der Waals surface area (Å²) in [5.41, 5.74) is -1.44. The van der Waals surface area contributed by atoms with Crippen LogP contribution in [-0.4, -0.2) is 121 Å². The summed E-state index contributed by atoms with van der Waals surface area (Å²) in [4.78, 5) is 81.4. The Morgan fingerprint density at radius 2 is 1.60 bits per heavy atom. The average Bonchev–Trinajstić information content (AvgIpc) is 3.15. The van der Waals surface area contributed by atoms with Crippen LogP contribution in [0.5, 0.6) is 23.0 Å². The first-order chi connectivity index (χ1) is 26.9. The highest BCUT2D eigenvalue weighted by atomic mass is 35.5. The summed E-state index contributed by atoms with van der Waals surface area (Å²) in [5.74, 6) is -13.6. The van der Waals surface area contributed by atoms with Crippen LogP contribution < -0.4 is 20.6 Å². The van der Waals surface area contributed by atoms with Gasteiger partial charge in [0.1, 0.15) is 34.7 Å². The van der Waals surface area contributed by atoms with Gasteiger partial charge in [-0.05, 0) is 43.0 Å². The van der Waals surface area contributed by atoms with Crippen LogP contribution in [0.1, 0.15) is 40.4 Å². The molecule has 1 unspecified atom stereocenters. The number of piperazine rings is 1. The fourth-order valence-corrected chi connectivity index (χ4v) is 7.02. The number of hydrogen-bond donors (Lipinski definition) is 8. The lowest BCUT2D eigenvalue weighted by atomic mass is 9.72. The van der Waals surface area contributed by atoms with E-state index in [9.17, 15) is 67.4 Å². The SMILES string of the molecule is O=C(O)c1c(F)ccc2c1OB(O)[C@@H](NC(=O)C(NC(=O)N1CCN(C3CCN(C(=O)Nc4cc(O)cc(F)c4)CC3)C(=O)C1=O)c1cc(F)c(O)c(O)c1Cl)C2. The third-order valence-corrected chi connectivity index (χ3v) is 10.0. The Morgan fingerprint density at radius 1 is 0.895 bits per heavy atom. The third kappa shape index (κ3) is 8.12. The van der Waals surface area contributed by atoms with Crippen molar-refractivity contribution in [2.45, 2.75) is 37.3 Å². The minimum absolute atomic E-state index is 0.0180. The van der Waals surface area contributed by atoms with E-state index in [1.54, 1.807) is 0 Å². The molecule has 3 aliphatic heterocycles. The molecule has 3 heterocycles. The molecule has 0 spiro atoms. The molecule has 0 saturated carbocycles. The summed E-state index contributed by atoms with van der Waals surface area (Å²) >= 11 is 6.15. The van der Waals surface area contributed by atoms with E-state index in [0.29, 0.717) is 11.0 Å². The number of phenolic OH excluding ortho intramolecular Hbond substituents is 3. The number of imide groups is 1. The fourth-order valence-electron chi connectivity index (χ4n) is 6.76. The van der Waals surface area contributed by atoms with Crippen LogP contribution in [0.3, 0.4) is 0 Å². The summed E-state index contributed by atoms with van der Waals surface area (Å²) in [6.07, 6.45) is 0.0947. The number of carbonyl (C=O) groups is 6. The van der Waals surface area contributed by atoms with Gasteiger partial charge < -0.3 is 55.9 Å². The molecule has 3 aromatic rings. The molecule has 2 saturated heterocycles. The van der Waals surface area contributed by atoms with E-state index in [-0.39, 0.29) is 50.1 Å². The van der Waals surface area contributed by atoms with Gasteiger partial charge in [-0.3, -0.25) is 19.3 Å². The van der Waals surface area contributed by atoms with Crippen molar-refractivity contribution in [2.24, 2.45) is 0 Å². The van der Waals surface area contributed by atoms with E-state index in [1.165, 1.54) is 9.80 Å². The van der Waals surface area contributed by atoms with Crippen molar-refractivity contribution in [3.8, 4) is 23.0 Å². The van der Waals surface area contributed by atoms with E-state index < -0.39 is 124 Å². The number of halogens is 4. The molecule has 3 aromatic carbocycles. The molecule has 300 valence electrons. The molecule has 0 radical (unpaired) electrons. The first kappa shape index (κ1) is 40.3. The number of carbonyl (C=O) groups excluding carboxylic acids is 5. The van der Waals surface area contributed by atoms with Gasteiger partial charge in [0.05, 0.1) is 11.0 Å². The Labute approximate surface area is 324 Å². The maximum absolute atomic E-state index is 14.7. The van der Waals surface area contributed by atoms with E-state index in [4.69, 9.17) is 16.3 Å². The normalized spacial score (nSPS) is 17.7. The molecule has 0 aliphatic carbocycles. The first-order valence-electron chi connectivity index (χ1n) is 17.0. The molecule has 2 fully saturated rings. The maximum atomic E-state index is 14.7. The van der Waals surface area contributed by atoms with Crippen molar-refractivity contribution in [1.82, 2.24) is 25.3 Å². The fraction of sp³-hybridized carbons (Fsp3) is 0.294. The van der Waals surface area contributed by atoms with E-state index in [1.807, 2.05) is 0 Å². The Hall–Kier alpha value is -6.42. The number of phenols is 3. The first-order valence-corrected chi connectivity index (χ1v) is 17.4. The van der Waals surface area contributed by atoms with Gasteiger partial charge in [0, 0.05) is 55.6 Å². The van der Waals surface area contributed by atoms with Gasteiger partial charge in [0.25, 0.3) is 0 Å². The molecule has 6 rings (SSSR count). The second kappa shape index (κ2) is 16.0. The Balaban J connectivity index is 1.14. The van der Waals surface area contributed by atoms with Crippen LogP contribution in [0.4, 0.5) is 28.4 Å². The van der Waals surface area contributed by atoms with Crippen LogP contribution in [0, 0.1) is 17.5 Å². The van der Waals surface area contributed by atoms with Gasteiger partial charge in [-0.2, -0.15) is 0 Å². The molecular formula is C34H31BClF3N6O12. The van der Waals surface area contributed by atoms with Gasteiger partial charge in [0.2, 0.25) is 5.91 Å². The van der Waals surface area contributed by atoms with Crippen molar-refractivity contribution in [3.63, 3.8) is 0 Å². The number of carboxylic acids is 1. The Morgan fingerprint density at radius 3 is 2.26 bits per heavy atom. The molecule has 57 heavy (non-hydrogen) atoms. The second-order valence-electron chi connectivity index (χ2n) is 13.2. The van der Waals surface area contributed by atoms with E-state index >= 15 is 0 Å². The number of carboxylic acid groups (broad SMARTS) is 1. The van der Waals surface area contributed by atoms with Crippen molar-refractivity contribution in [3.05, 3.63) is 75.6 Å². The monoisotopic (exact) mass is 818 g/mol. The minimum Gasteiger partial charge on any atom is -0.534 e. The molecule has 0 aromatic heterocycles. The minimum atomic E-state index is -2.09. The largest absolute Gasteiger partial charge is 0.547 e. The zero-order valence-electron chi connectivity index (χ0n) is 29.2. The van der Waals surface area contributed by atoms with Gasteiger partial charge >= 0.3 is 37.0 Å². The highest BCUT2D eigenvalue weighted by Gasteiger charge is 2.44. The number of aromatic hydroxyl groups is 3. The molecule has 8 N–H and O–H groups in total. The number of piperidine rings is 1. The summed E-state index contributed by atoms with van der Waals surface area (Å²) in [5, 5.41) is 55.9. The molecule has 3 aliphatic rings. The predicted octanol–water partition coefficient (Wildman–Crippen LogP) is 1.83. The van der Waals surface area contributed by atoms with Crippen molar-refractivity contribution < 1.29 is 72.0 Å². The number of amides is 7. The lowest BCUT2D eigenvalue weighted by molar-refractivity contribution is -0.156. The average molecular weight is 819 g/mol. The highest BCUT2D eigenvalue weighted by molar-refractivity contribution is 6.47. The second-order valence-corrected chi connectivity index (χ2v) is 13.6. The van der Waals surface area contributed by atoms with Crippen LogP contribution in [0.2, 0.25) is 5.02 Å². The van der Waals surface area contributed by atoms with Crippen molar-refractivity contribution >= 4 is 60.2 Å². The highest BCUT2D eigenvalue weighted by Crippen LogP contribution is 2.41. The Kier molecular flexibility index (Phi) is 11.3. The standard InChI is InChI=1S/C34H31BClF3N6O12/c36-24-19(13-21(39)26(47)27(24)48)25(29(49)41-22-9-14-1-2-20(38)23(32(52)53)28(14)57-35(22)56)42-34(55)45-8-7-44(30(50)31(45)51)17-3-5-43(6-4-17)33(54)40-16-10-15(37)11-18(46)12-16/h1-2,10-13,17,22,25,46-48,56H,3-9H2,(H,40,54)(H,41,49)(H,42,55)(H,52,53)/t22-,25?/m0/s1. The molecule has 23 heteroatoms. The van der Waals surface area contributed by atoms with Gasteiger partial charge in [0.15, 0.2) is 17.3 Å². The maximum Gasteiger partial charge on any atom is 0.547 e. The third-order valence-electron chi connectivity index (χ3n) is 9.61. The van der Waals surface area contributed by atoms with Crippen molar-refractivity contribution in [2.75, 3.05) is 31.5 Å². The molecule has 2 atom stereocenters. The predicted molar refractivity (Wildman–Crippen MR) is 189 cm³/mol. The summed E-state index contributed by atoms with van der Waals surface area (Å²) < 4.78 is 47.8. The van der Waals surface area contributed by atoms with E-state index in [0.717, 1.165) is 30.3 Å². The molecule has 18 nitrogen and oxygen atoms in total. The number of hydrogen-bond acceptors (Lipinski definition) is 11. The number of benzene rings is 3. The zero-order valence-corrected chi connectivity index (χ0v) is 29.9. The number of aromatic carboxylic acids is 1. The summed E-state index contributed by atoms with van der Waals surface area (Å²) in [7, 11) is -1.99. The molecule has 0 bridgehead atoms. The summed E-state index contributed by atoms with van der Waals surface area (Å²) in [6, 6.07) is 0.951. The number of rotatable bonds is 7. The number of fused-ring (bicyclic) bond motifs is 1. The van der Waals surface area contributed by atoms with Crippen LogP contribution in [0.25, 0.3) is 0 Å². The van der Waals surface area contributed by atoms with Crippen LogP contribution in [0.15, 0.2) is 36.4 Å². The van der Waals surface area contributed by atoms with Gasteiger partial charge in [-0.15, -0.1) is 0 Å². The number of likely N-dealkylation sites (tertiary alicyclic amines) is 1. The van der Waals surface area contributed by atoms with Gasteiger partial charge in [-0.1, -0.05) is 17.7 Å². The molecular weight excluding hydrogens is 788 g/mol. The van der Waals surface area contributed by atoms with Crippen LogP contribution >= 0.6 is 11.6 Å². The molecule has 7 amide bonds. The lowest BCUT2D eigenvalue weighted by Crippen LogP contribution is -2.62. The number of urea groups is 2. The number of nitrogens with zero attached hydrogens (tertiary/aromatic N) is 3. The zero-order chi connectivity index (χ0) is 41.5. The van der Waals surface area contributed by atoms with Gasteiger partial charge in [-0.25, -0.2) is 27.6 Å². The van der Waals surface area contributed by atoms with Crippen molar-refractivity contribution in [1.29, 1.82) is 0 Å². The lowest BCUT2D eigenvalue weighted by Gasteiger charge is -2.41. The number of nitrogens with one attached hydrogen (secondary N) is 3. The smallest absolute Gasteiger partial charge is 0.534 e. The Bertz CT molecular complexity index is 2180. The van der Waals surface area contributed by atoms with E-state index in [2.05, 4.69) is 16.0 Å². The number of anilines is 1. The topological polar surface area (TPSA) is 259 Å². The summed E-state index contributed by atoms with van der Waals surface area (Å²) in [6.45, 7) is -0.325.